The molecule has 0 fully saturated rings. The number of nitrogens with zero attached hydrogens (tertiary/aromatic N) is 1. The van der Waals surface area contributed by atoms with Crippen LogP contribution in [-0.2, 0) is 10.0 Å². The van der Waals surface area contributed by atoms with Crippen LogP contribution in [0.3, 0.4) is 0 Å². The molecule has 0 radical (unpaired) electrons. The van der Waals surface area contributed by atoms with Gasteiger partial charge in [0.05, 0.1) is 5.52 Å². The van der Waals surface area contributed by atoms with E-state index in [1.807, 2.05) is 0 Å². The first kappa shape index (κ1) is 13.3. The van der Waals surface area contributed by atoms with E-state index in [1.165, 1.54) is 24.5 Å². The van der Waals surface area contributed by atoms with E-state index >= 15 is 0 Å². The van der Waals surface area contributed by atoms with Crippen molar-refractivity contribution in [2.75, 3.05) is 4.72 Å². The van der Waals surface area contributed by atoms with Crippen molar-refractivity contribution >= 4 is 26.7 Å². The SMILES string of the molecule is O=c1ccc2cc(S(=O)(=O)Nc3ccon3)c(F)cc2[nH]1. The Morgan fingerprint density at radius 2 is 2.05 bits per heavy atom. The number of H-pyrrole nitrogens is 1. The maximum absolute atomic E-state index is 14.0. The fourth-order valence-corrected chi connectivity index (χ4v) is 2.91. The number of nitrogens with one attached hydrogen (secondary N) is 2. The van der Waals surface area contributed by atoms with Crippen LogP contribution in [0.4, 0.5) is 10.2 Å². The van der Waals surface area contributed by atoms with Gasteiger partial charge in [0, 0.05) is 12.1 Å². The highest BCUT2D eigenvalue weighted by atomic mass is 32.2. The minimum Gasteiger partial charge on any atom is -0.363 e. The Balaban J connectivity index is 2.13. The van der Waals surface area contributed by atoms with Crippen molar-refractivity contribution in [3.63, 3.8) is 0 Å². The zero-order chi connectivity index (χ0) is 15.0. The van der Waals surface area contributed by atoms with Gasteiger partial charge in [0.15, 0.2) is 5.82 Å². The van der Waals surface area contributed by atoms with Crippen molar-refractivity contribution < 1.29 is 17.3 Å². The highest BCUT2D eigenvalue weighted by Gasteiger charge is 2.21. The first-order valence-corrected chi connectivity index (χ1v) is 7.20. The smallest absolute Gasteiger partial charge is 0.266 e. The molecule has 21 heavy (non-hydrogen) atoms. The van der Waals surface area contributed by atoms with Gasteiger partial charge in [-0.3, -0.25) is 9.52 Å². The van der Waals surface area contributed by atoms with E-state index in [2.05, 4.69) is 19.4 Å². The van der Waals surface area contributed by atoms with Gasteiger partial charge in [-0.25, -0.2) is 12.8 Å². The topological polar surface area (TPSA) is 105 Å². The van der Waals surface area contributed by atoms with Crippen LogP contribution >= 0.6 is 0 Å². The second-order valence-electron chi connectivity index (χ2n) is 4.18. The highest BCUT2D eigenvalue weighted by molar-refractivity contribution is 7.92. The lowest BCUT2D eigenvalue weighted by Gasteiger charge is -2.07. The predicted octanol–water partition coefficient (Wildman–Crippen LogP) is 1.46. The monoisotopic (exact) mass is 309 g/mol. The van der Waals surface area contributed by atoms with E-state index in [4.69, 9.17) is 0 Å². The number of rotatable bonds is 3. The quantitative estimate of drug-likeness (QED) is 0.762. The highest BCUT2D eigenvalue weighted by Crippen LogP contribution is 2.22. The lowest BCUT2D eigenvalue weighted by Crippen LogP contribution is -2.15. The molecule has 0 saturated carbocycles. The molecule has 0 aliphatic rings. The van der Waals surface area contributed by atoms with Crippen LogP contribution in [0.1, 0.15) is 0 Å². The Morgan fingerprint density at radius 1 is 1.24 bits per heavy atom. The molecule has 0 spiro atoms. The summed E-state index contributed by atoms with van der Waals surface area (Å²) in [6.45, 7) is 0. The number of hydrogen-bond acceptors (Lipinski definition) is 5. The second-order valence-corrected chi connectivity index (χ2v) is 5.83. The summed E-state index contributed by atoms with van der Waals surface area (Å²) in [5.41, 5.74) is -0.196. The van der Waals surface area contributed by atoms with Crippen LogP contribution < -0.4 is 10.3 Å². The number of benzene rings is 1. The van der Waals surface area contributed by atoms with Gasteiger partial charge in [0.1, 0.15) is 17.0 Å². The maximum atomic E-state index is 14.0. The predicted molar refractivity (Wildman–Crippen MR) is 71.8 cm³/mol. The van der Waals surface area contributed by atoms with Crippen LogP contribution in [0.25, 0.3) is 10.9 Å². The molecule has 9 heteroatoms. The van der Waals surface area contributed by atoms with Crippen molar-refractivity contribution in [3.8, 4) is 0 Å². The number of halogens is 1. The minimum absolute atomic E-state index is 0.0593. The summed E-state index contributed by atoms with van der Waals surface area (Å²) < 4.78 is 44.8. The van der Waals surface area contributed by atoms with Gasteiger partial charge in [-0.1, -0.05) is 5.16 Å². The van der Waals surface area contributed by atoms with Gasteiger partial charge in [0.25, 0.3) is 10.0 Å². The molecule has 2 aromatic heterocycles. The van der Waals surface area contributed by atoms with Gasteiger partial charge in [-0.2, -0.15) is 0 Å². The van der Waals surface area contributed by atoms with E-state index in [-0.39, 0.29) is 11.3 Å². The molecule has 108 valence electrons. The fourth-order valence-electron chi connectivity index (χ4n) is 1.82. The molecule has 3 rings (SSSR count). The average molecular weight is 309 g/mol. The summed E-state index contributed by atoms with van der Waals surface area (Å²) in [4.78, 5) is 13.0. The van der Waals surface area contributed by atoms with Crippen LogP contribution in [0.5, 0.6) is 0 Å². The molecule has 2 heterocycles. The standard InChI is InChI=1S/C12H8FN3O4S/c13-8-6-9-7(1-2-12(17)14-9)5-10(8)21(18,19)16-11-3-4-20-15-11/h1-6H,(H,14,17)(H,15,16). The molecular weight excluding hydrogens is 301 g/mol. The lowest BCUT2D eigenvalue weighted by atomic mass is 10.2. The molecule has 1 aromatic carbocycles. The lowest BCUT2D eigenvalue weighted by molar-refractivity contribution is 0.423. The van der Waals surface area contributed by atoms with Crippen molar-refractivity contribution in [3.05, 3.63) is 52.8 Å². The Kier molecular flexibility index (Phi) is 2.98. The summed E-state index contributed by atoms with van der Waals surface area (Å²) in [6, 6.07) is 6.00. The van der Waals surface area contributed by atoms with Gasteiger partial charge in [0.2, 0.25) is 5.56 Å². The summed E-state index contributed by atoms with van der Waals surface area (Å²) in [5, 5.41) is 3.78. The largest absolute Gasteiger partial charge is 0.363 e. The van der Waals surface area contributed by atoms with E-state index in [1.54, 1.807) is 0 Å². The third-order valence-electron chi connectivity index (χ3n) is 2.74. The molecule has 0 amide bonds. The number of sulfonamides is 1. The molecule has 2 N–H and O–H groups in total. The van der Waals surface area contributed by atoms with E-state index < -0.39 is 26.3 Å². The van der Waals surface area contributed by atoms with E-state index in [0.29, 0.717) is 5.39 Å². The summed E-state index contributed by atoms with van der Waals surface area (Å²) in [7, 11) is -4.16. The van der Waals surface area contributed by atoms with Gasteiger partial charge in [-0.05, 0) is 23.6 Å². The number of aromatic amines is 1. The normalized spacial score (nSPS) is 11.7. The molecule has 0 saturated heterocycles. The van der Waals surface area contributed by atoms with Crippen molar-refractivity contribution in [1.82, 2.24) is 10.1 Å². The molecule has 0 bridgehead atoms. The Bertz CT molecular complexity index is 964. The van der Waals surface area contributed by atoms with Crippen LogP contribution in [0.15, 0.2) is 50.8 Å². The summed E-state index contributed by atoms with van der Waals surface area (Å²) in [6.07, 6.45) is 1.18. The van der Waals surface area contributed by atoms with Crippen molar-refractivity contribution in [2.45, 2.75) is 4.90 Å². The van der Waals surface area contributed by atoms with E-state index in [0.717, 1.165) is 12.1 Å². The molecule has 0 unspecified atom stereocenters. The second kappa shape index (κ2) is 4.70. The van der Waals surface area contributed by atoms with Crippen LogP contribution in [-0.4, -0.2) is 18.6 Å². The Hall–Kier alpha value is -2.68. The van der Waals surface area contributed by atoms with Crippen LogP contribution in [0.2, 0.25) is 0 Å². The fraction of sp³-hybridized carbons (Fsp3) is 0. The van der Waals surface area contributed by atoms with Gasteiger partial charge in [-0.15, -0.1) is 0 Å². The summed E-state index contributed by atoms with van der Waals surface area (Å²) >= 11 is 0. The third kappa shape index (κ3) is 2.50. The van der Waals surface area contributed by atoms with Gasteiger partial charge >= 0.3 is 0 Å². The number of anilines is 1. The Morgan fingerprint density at radius 3 is 2.76 bits per heavy atom. The average Bonchev–Trinajstić information content (AvgIpc) is 2.89. The number of hydrogen-bond donors (Lipinski definition) is 2. The van der Waals surface area contributed by atoms with Gasteiger partial charge < -0.3 is 9.51 Å². The molecule has 0 aliphatic carbocycles. The Labute approximate surface area is 117 Å². The number of aromatic nitrogens is 2. The molecular formula is C12H8FN3O4S. The molecule has 7 nitrogen and oxygen atoms in total. The zero-order valence-corrected chi connectivity index (χ0v) is 11.1. The first-order chi connectivity index (χ1) is 9.95. The van der Waals surface area contributed by atoms with Crippen LogP contribution in [0, 0.1) is 5.82 Å². The molecule has 3 aromatic rings. The third-order valence-corrected chi connectivity index (χ3v) is 4.11. The maximum Gasteiger partial charge on any atom is 0.266 e. The number of pyridine rings is 1. The molecule has 0 aliphatic heterocycles. The van der Waals surface area contributed by atoms with Crippen molar-refractivity contribution in [2.24, 2.45) is 0 Å². The first-order valence-electron chi connectivity index (χ1n) is 5.71. The van der Waals surface area contributed by atoms with Crippen molar-refractivity contribution in [1.29, 1.82) is 0 Å². The zero-order valence-electron chi connectivity index (χ0n) is 10.3. The molecule has 0 atom stereocenters. The van der Waals surface area contributed by atoms with E-state index in [9.17, 15) is 17.6 Å². The minimum atomic E-state index is -4.16. The number of fused-ring (bicyclic) bond motifs is 1. The summed E-state index contributed by atoms with van der Waals surface area (Å²) in [5.74, 6) is -1.05.